The Morgan fingerprint density at radius 1 is 1.19 bits per heavy atom. The molecule has 0 amide bonds. The topological polar surface area (TPSA) is 64.1 Å². The van der Waals surface area contributed by atoms with Gasteiger partial charge in [-0.25, -0.2) is 0 Å². The van der Waals surface area contributed by atoms with E-state index in [9.17, 15) is 0 Å². The molecule has 1 saturated heterocycles. The summed E-state index contributed by atoms with van der Waals surface area (Å²) >= 11 is 0. The molecule has 0 aliphatic carbocycles. The zero-order valence-electron chi connectivity index (χ0n) is 11.3. The fourth-order valence-electron chi connectivity index (χ4n) is 3.31. The van der Waals surface area contributed by atoms with Gasteiger partial charge in [-0.05, 0) is 59.3 Å². The van der Waals surface area contributed by atoms with Gasteiger partial charge in [-0.15, -0.1) is 0 Å². The predicted molar refractivity (Wildman–Crippen MR) is 70.3 cm³/mol. The zero-order chi connectivity index (χ0) is 12.4. The van der Waals surface area contributed by atoms with Crippen molar-refractivity contribution in [1.82, 2.24) is 5.32 Å². The molecule has 3 heteroatoms. The average Bonchev–Trinajstić information content (AvgIpc) is 2.09. The first kappa shape index (κ1) is 13.9. The molecule has 96 valence electrons. The van der Waals surface area contributed by atoms with E-state index < -0.39 is 0 Å². The maximum atomic E-state index is 5.88. The highest BCUT2D eigenvalue weighted by Crippen LogP contribution is 2.35. The van der Waals surface area contributed by atoms with Crippen LogP contribution in [0.5, 0.6) is 0 Å². The molecule has 1 atom stereocenters. The Bertz CT molecular complexity index is 207. The van der Waals surface area contributed by atoms with Gasteiger partial charge < -0.3 is 16.8 Å². The summed E-state index contributed by atoms with van der Waals surface area (Å²) in [7, 11) is 0. The quantitative estimate of drug-likeness (QED) is 0.683. The first-order valence-electron chi connectivity index (χ1n) is 6.49. The van der Waals surface area contributed by atoms with Gasteiger partial charge in [0.25, 0.3) is 0 Å². The molecule has 0 radical (unpaired) electrons. The third kappa shape index (κ3) is 4.40. The molecule has 1 heterocycles. The standard InChI is InChI=1S/C13H29N3/c1-12(2)7-10(5-6-11(15)9-14)8-13(3,4)16-12/h10-11,16H,5-9,14-15H2,1-4H3. The van der Waals surface area contributed by atoms with E-state index in [-0.39, 0.29) is 17.1 Å². The second-order valence-electron chi connectivity index (χ2n) is 6.74. The lowest BCUT2D eigenvalue weighted by atomic mass is 9.74. The molecule has 0 aromatic carbocycles. The Labute approximate surface area is 100 Å². The summed E-state index contributed by atoms with van der Waals surface area (Å²) in [5.74, 6) is 0.781. The van der Waals surface area contributed by atoms with Gasteiger partial charge in [-0.2, -0.15) is 0 Å². The van der Waals surface area contributed by atoms with Crippen LogP contribution in [0.4, 0.5) is 0 Å². The van der Waals surface area contributed by atoms with E-state index in [1.54, 1.807) is 0 Å². The van der Waals surface area contributed by atoms with E-state index in [2.05, 4.69) is 33.0 Å². The molecule has 0 spiro atoms. The molecule has 1 aliphatic heterocycles. The highest BCUT2D eigenvalue weighted by atomic mass is 15.0. The summed E-state index contributed by atoms with van der Waals surface area (Å²) in [5.41, 5.74) is 11.9. The van der Waals surface area contributed by atoms with Crippen molar-refractivity contribution in [3.05, 3.63) is 0 Å². The molecule has 0 aromatic heterocycles. The summed E-state index contributed by atoms with van der Waals surface area (Å²) in [6.45, 7) is 9.79. The third-order valence-corrected chi connectivity index (χ3v) is 3.52. The van der Waals surface area contributed by atoms with E-state index in [0.717, 1.165) is 12.3 Å². The van der Waals surface area contributed by atoms with Crippen LogP contribution in [0.2, 0.25) is 0 Å². The van der Waals surface area contributed by atoms with Crippen LogP contribution in [0.1, 0.15) is 53.4 Å². The fourth-order valence-corrected chi connectivity index (χ4v) is 3.31. The van der Waals surface area contributed by atoms with Crippen LogP contribution in [-0.4, -0.2) is 23.7 Å². The lowest BCUT2D eigenvalue weighted by Gasteiger charge is -2.46. The normalized spacial score (nSPS) is 26.6. The monoisotopic (exact) mass is 227 g/mol. The molecule has 1 fully saturated rings. The van der Waals surface area contributed by atoms with Crippen LogP contribution in [0.3, 0.4) is 0 Å². The van der Waals surface area contributed by atoms with Crippen LogP contribution < -0.4 is 16.8 Å². The van der Waals surface area contributed by atoms with Crippen molar-refractivity contribution < 1.29 is 0 Å². The Morgan fingerprint density at radius 2 is 1.69 bits per heavy atom. The Balaban J connectivity index is 2.48. The molecule has 1 unspecified atom stereocenters. The fraction of sp³-hybridized carbons (Fsp3) is 1.00. The maximum Gasteiger partial charge on any atom is 0.0163 e. The Hall–Kier alpha value is -0.120. The minimum atomic E-state index is 0.182. The van der Waals surface area contributed by atoms with Crippen molar-refractivity contribution in [3.8, 4) is 0 Å². The number of hydrogen-bond donors (Lipinski definition) is 3. The van der Waals surface area contributed by atoms with E-state index in [1.807, 2.05) is 0 Å². The average molecular weight is 227 g/mol. The van der Waals surface area contributed by atoms with E-state index >= 15 is 0 Å². The number of nitrogens with one attached hydrogen (secondary N) is 1. The smallest absolute Gasteiger partial charge is 0.0163 e. The van der Waals surface area contributed by atoms with Gasteiger partial charge in [-0.3, -0.25) is 0 Å². The molecule has 0 aromatic rings. The minimum Gasteiger partial charge on any atom is -0.329 e. The third-order valence-electron chi connectivity index (χ3n) is 3.52. The largest absolute Gasteiger partial charge is 0.329 e. The van der Waals surface area contributed by atoms with Crippen molar-refractivity contribution >= 4 is 0 Å². The van der Waals surface area contributed by atoms with Crippen molar-refractivity contribution in [3.63, 3.8) is 0 Å². The van der Waals surface area contributed by atoms with E-state index in [4.69, 9.17) is 11.5 Å². The summed E-state index contributed by atoms with van der Waals surface area (Å²) in [6.07, 6.45) is 4.77. The van der Waals surface area contributed by atoms with Crippen molar-refractivity contribution in [1.29, 1.82) is 0 Å². The van der Waals surface area contributed by atoms with Crippen LogP contribution >= 0.6 is 0 Å². The highest BCUT2D eigenvalue weighted by Gasteiger charge is 2.37. The van der Waals surface area contributed by atoms with Gasteiger partial charge >= 0.3 is 0 Å². The van der Waals surface area contributed by atoms with Crippen molar-refractivity contribution in [2.24, 2.45) is 17.4 Å². The molecule has 1 aliphatic rings. The van der Waals surface area contributed by atoms with Gasteiger partial charge in [-0.1, -0.05) is 0 Å². The maximum absolute atomic E-state index is 5.88. The van der Waals surface area contributed by atoms with E-state index in [0.29, 0.717) is 6.54 Å². The van der Waals surface area contributed by atoms with E-state index in [1.165, 1.54) is 19.3 Å². The lowest BCUT2D eigenvalue weighted by Crippen LogP contribution is -2.57. The molecular formula is C13H29N3. The molecule has 0 bridgehead atoms. The molecule has 3 nitrogen and oxygen atoms in total. The summed E-state index contributed by atoms with van der Waals surface area (Å²) in [5, 5.41) is 3.71. The number of nitrogens with two attached hydrogens (primary N) is 2. The molecule has 5 N–H and O–H groups in total. The Kier molecular flexibility index (Phi) is 4.38. The van der Waals surface area contributed by atoms with Crippen LogP contribution in [0.15, 0.2) is 0 Å². The number of rotatable bonds is 4. The van der Waals surface area contributed by atoms with Gasteiger partial charge in [0.05, 0.1) is 0 Å². The predicted octanol–water partition coefficient (Wildman–Crippen LogP) is 1.61. The highest BCUT2D eigenvalue weighted by molar-refractivity contribution is 4.96. The number of piperidine rings is 1. The zero-order valence-corrected chi connectivity index (χ0v) is 11.3. The minimum absolute atomic E-state index is 0.182. The van der Waals surface area contributed by atoms with Gasteiger partial charge in [0, 0.05) is 23.7 Å². The first-order chi connectivity index (χ1) is 7.24. The number of hydrogen-bond acceptors (Lipinski definition) is 3. The van der Waals surface area contributed by atoms with Crippen LogP contribution in [0.25, 0.3) is 0 Å². The second-order valence-corrected chi connectivity index (χ2v) is 6.74. The van der Waals surface area contributed by atoms with Crippen LogP contribution in [-0.2, 0) is 0 Å². The SMILES string of the molecule is CC1(C)CC(CCC(N)CN)CC(C)(C)N1. The van der Waals surface area contributed by atoms with Gasteiger partial charge in [0.15, 0.2) is 0 Å². The molecule has 16 heavy (non-hydrogen) atoms. The van der Waals surface area contributed by atoms with Gasteiger partial charge in [0.2, 0.25) is 0 Å². The summed E-state index contributed by atoms with van der Waals surface area (Å²) < 4.78 is 0. The van der Waals surface area contributed by atoms with Crippen molar-refractivity contribution in [2.75, 3.05) is 6.54 Å². The molecule has 1 rings (SSSR count). The summed E-state index contributed by atoms with van der Waals surface area (Å²) in [4.78, 5) is 0. The molecular weight excluding hydrogens is 198 g/mol. The van der Waals surface area contributed by atoms with Crippen LogP contribution in [0, 0.1) is 5.92 Å². The van der Waals surface area contributed by atoms with Crippen molar-refractivity contribution in [2.45, 2.75) is 70.5 Å². The van der Waals surface area contributed by atoms with Gasteiger partial charge in [0.1, 0.15) is 0 Å². The Morgan fingerprint density at radius 3 is 2.12 bits per heavy atom. The summed E-state index contributed by atoms with van der Waals surface area (Å²) in [6, 6.07) is 0.182. The second kappa shape index (κ2) is 5.03. The first-order valence-corrected chi connectivity index (χ1v) is 6.49. The lowest BCUT2D eigenvalue weighted by molar-refractivity contribution is 0.121. The molecule has 0 saturated carbocycles.